The second-order valence-corrected chi connectivity index (χ2v) is 4.26. The molecule has 0 heterocycles. The van der Waals surface area contributed by atoms with Crippen molar-refractivity contribution in [1.29, 1.82) is 0 Å². The summed E-state index contributed by atoms with van der Waals surface area (Å²) in [5.74, 6) is 0.818. The summed E-state index contributed by atoms with van der Waals surface area (Å²) < 4.78 is 5.48. The zero-order valence-electron chi connectivity index (χ0n) is 8.07. The van der Waals surface area contributed by atoms with Gasteiger partial charge in [0.05, 0.1) is 0 Å². The molecule has 1 aromatic carbocycles. The molecule has 3 heteroatoms. The fourth-order valence-corrected chi connectivity index (χ4v) is 1.46. The maximum Gasteiger partial charge on any atom is 0.157 e. The summed E-state index contributed by atoms with van der Waals surface area (Å²) >= 11 is 1.47. The van der Waals surface area contributed by atoms with Gasteiger partial charge in [0.2, 0.25) is 0 Å². The third kappa shape index (κ3) is 3.99. The number of thioether (sulfide) groups is 1. The molecule has 0 spiro atoms. The number of allylic oxidation sites excluding steroid dienone is 1. The first kappa shape index (κ1) is 11.4. The predicted molar refractivity (Wildman–Crippen MR) is 68.0 cm³/mol. The summed E-state index contributed by atoms with van der Waals surface area (Å²) in [4.78, 5) is 0. The molecule has 0 saturated heterocycles. The molecule has 0 aromatic heterocycles. The molecule has 74 valence electrons. The topological polar surface area (TPSA) is 9.23 Å². The molecule has 0 aliphatic rings. The Labute approximate surface area is 91.4 Å². The minimum atomic E-state index is 0.680. The maximum atomic E-state index is 5.48. The van der Waals surface area contributed by atoms with E-state index in [1.165, 1.54) is 11.8 Å². The van der Waals surface area contributed by atoms with E-state index >= 15 is 0 Å². The van der Waals surface area contributed by atoms with Crippen LogP contribution in [-0.4, -0.2) is 0 Å². The second kappa shape index (κ2) is 5.90. The number of rotatable bonds is 4. The normalized spacial score (nSPS) is 10.4. The third-order valence-electron chi connectivity index (χ3n) is 1.45. The number of ether oxygens (including phenoxy) is 1. The van der Waals surface area contributed by atoms with Gasteiger partial charge in [-0.25, -0.2) is 0 Å². The molecule has 1 atom stereocenters. The Bertz CT molecular complexity index is 330. The van der Waals surface area contributed by atoms with E-state index in [2.05, 4.69) is 15.8 Å². The van der Waals surface area contributed by atoms with Gasteiger partial charge in [0.25, 0.3) is 0 Å². The number of hydrogen-bond donors (Lipinski definition) is 0. The van der Waals surface area contributed by atoms with Crippen molar-refractivity contribution in [1.82, 2.24) is 0 Å². The summed E-state index contributed by atoms with van der Waals surface area (Å²) in [6, 6.07) is 7.80. The molecule has 0 radical (unpaired) electrons. The summed E-state index contributed by atoms with van der Waals surface area (Å²) in [5, 5.41) is 3.76. The molecule has 0 fully saturated rings. The van der Waals surface area contributed by atoms with Crippen LogP contribution in [0.25, 0.3) is 0 Å². The van der Waals surface area contributed by atoms with Gasteiger partial charge in [0.15, 0.2) is 5.09 Å². The summed E-state index contributed by atoms with van der Waals surface area (Å²) in [6.07, 6.45) is 1.95. The van der Waals surface area contributed by atoms with Crippen LogP contribution in [0.3, 0.4) is 0 Å². The van der Waals surface area contributed by atoms with E-state index in [1.807, 2.05) is 42.7 Å². The maximum absolute atomic E-state index is 5.48. The van der Waals surface area contributed by atoms with E-state index in [-0.39, 0.29) is 0 Å². The van der Waals surface area contributed by atoms with Crippen LogP contribution in [0.4, 0.5) is 0 Å². The number of benzene rings is 1. The highest BCUT2D eigenvalue weighted by Crippen LogP contribution is 2.20. The Morgan fingerprint density at radius 3 is 2.64 bits per heavy atom. The Hall–Kier alpha value is -0.720. The van der Waals surface area contributed by atoms with Gasteiger partial charge < -0.3 is 4.74 Å². The Balaban J connectivity index is 2.52. The van der Waals surface area contributed by atoms with Gasteiger partial charge in [-0.1, -0.05) is 30.0 Å². The molecule has 0 saturated carbocycles. The smallest absolute Gasteiger partial charge is 0.157 e. The van der Waals surface area contributed by atoms with Gasteiger partial charge in [-0.2, -0.15) is 0 Å². The summed E-state index contributed by atoms with van der Waals surface area (Å²) in [7, 11) is 2.63. The minimum absolute atomic E-state index is 0.680. The first-order valence-corrected chi connectivity index (χ1v) is 5.68. The molecule has 1 aromatic rings. The Morgan fingerprint density at radius 1 is 1.43 bits per heavy atom. The molecule has 0 N–H and O–H groups in total. The Kier molecular flexibility index (Phi) is 4.78. The molecule has 0 amide bonds. The molecular formula is C11H13OPS. The van der Waals surface area contributed by atoms with Crippen LogP contribution in [0.15, 0.2) is 47.4 Å². The zero-order valence-corrected chi connectivity index (χ0v) is 10.0. The van der Waals surface area contributed by atoms with Gasteiger partial charge in [0.1, 0.15) is 5.75 Å². The molecule has 1 rings (SSSR count). The molecule has 14 heavy (non-hydrogen) atoms. The van der Waals surface area contributed by atoms with Gasteiger partial charge in [-0.05, 0) is 36.3 Å². The zero-order chi connectivity index (χ0) is 10.4. The molecular weight excluding hydrogens is 211 g/mol. The fourth-order valence-electron chi connectivity index (χ4n) is 0.835. The van der Waals surface area contributed by atoms with Crippen molar-refractivity contribution >= 4 is 26.3 Å². The average Bonchev–Trinajstić information content (AvgIpc) is 2.18. The first-order valence-electron chi connectivity index (χ1n) is 4.22. The molecule has 0 bridgehead atoms. The van der Waals surface area contributed by atoms with Gasteiger partial charge in [0, 0.05) is 0 Å². The van der Waals surface area contributed by atoms with E-state index in [1.54, 1.807) is 0 Å². The van der Waals surface area contributed by atoms with Crippen molar-refractivity contribution in [2.24, 2.45) is 0 Å². The third-order valence-corrected chi connectivity index (χ3v) is 2.59. The minimum Gasteiger partial charge on any atom is -0.451 e. The van der Waals surface area contributed by atoms with Crippen molar-refractivity contribution in [3.8, 4) is 5.75 Å². The fraction of sp³-hybridized carbons (Fsp3) is 0.0909. The van der Waals surface area contributed by atoms with Crippen LogP contribution in [0.2, 0.25) is 0 Å². The van der Waals surface area contributed by atoms with Crippen molar-refractivity contribution in [2.45, 2.75) is 6.92 Å². The largest absolute Gasteiger partial charge is 0.451 e. The second-order valence-electron chi connectivity index (χ2n) is 2.63. The van der Waals surface area contributed by atoms with E-state index < -0.39 is 0 Å². The first-order chi connectivity index (χ1) is 6.72. The molecule has 1 unspecified atom stereocenters. The summed E-state index contributed by atoms with van der Waals surface area (Å²) in [6.45, 7) is 5.76. The standard InChI is InChI=1S/C11H13OPS/c1-3-8-14-9(2)12-10-4-6-11(13)7-5-10/h3-8H,2,13H2,1H3/b8-3-. The predicted octanol–water partition coefficient (Wildman–Crippen LogP) is 3.30. The van der Waals surface area contributed by atoms with Gasteiger partial charge in [-0.15, -0.1) is 9.24 Å². The van der Waals surface area contributed by atoms with Crippen molar-refractivity contribution in [3.05, 3.63) is 47.4 Å². The molecule has 0 aliphatic heterocycles. The van der Waals surface area contributed by atoms with Crippen LogP contribution in [-0.2, 0) is 0 Å². The highest BCUT2D eigenvalue weighted by Gasteiger charge is 1.96. The van der Waals surface area contributed by atoms with E-state index in [0.29, 0.717) is 5.09 Å². The van der Waals surface area contributed by atoms with Crippen LogP contribution < -0.4 is 10.0 Å². The lowest BCUT2D eigenvalue weighted by molar-refractivity contribution is 0.469. The number of hydrogen-bond acceptors (Lipinski definition) is 2. The van der Waals surface area contributed by atoms with Crippen LogP contribution >= 0.6 is 21.0 Å². The van der Waals surface area contributed by atoms with E-state index in [4.69, 9.17) is 4.74 Å². The average molecular weight is 224 g/mol. The summed E-state index contributed by atoms with van der Waals surface area (Å²) in [5.41, 5.74) is 0. The van der Waals surface area contributed by atoms with Crippen LogP contribution in [0, 0.1) is 0 Å². The van der Waals surface area contributed by atoms with Gasteiger partial charge in [-0.3, -0.25) is 0 Å². The van der Waals surface area contributed by atoms with Crippen LogP contribution in [0.5, 0.6) is 5.75 Å². The monoisotopic (exact) mass is 224 g/mol. The van der Waals surface area contributed by atoms with Gasteiger partial charge >= 0.3 is 0 Å². The van der Waals surface area contributed by atoms with Crippen molar-refractivity contribution < 1.29 is 4.74 Å². The van der Waals surface area contributed by atoms with E-state index in [9.17, 15) is 0 Å². The Morgan fingerprint density at radius 2 is 2.07 bits per heavy atom. The van der Waals surface area contributed by atoms with Crippen LogP contribution in [0.1, 0.15) is 6.92 Å². The lowest BCUT2D eigenvalue weighted by Gasteiger charge is -2.05. The highest BCUT2D eigenvalue weighted by atomic mass is 32.2. The molecule has 0 aliphatic carbocycles. The molecule has 1 nitrogen and oxygen atoms in total. The SMILES string of the molecule is C=C(Oc1ccc(P)cc1)S/C=C\C. The van der Waals surface area contributed by atoms with Crippen molar-refractivity contribution in [3.63, 3.8) is 0 Å². The van der Waals surface area contributed by atoms with E-state index in [0.717, 1.165) is 11.1 Å². The quantitative estimate of drug-likeness (QED) is 0.573. The lowest BCUT2D eigenvalue weighted by Crippen LogP contribution is -1.92. The van der Waals surface area contributed by atoms with Crippen molar-refractivity contribution in [2.75, 3.05) is 0 Å². The highest BCUT2D eigenvalue weighted by molar-refractivity contribution is 8.05. The lowest BCUT2D eigenvalue weighted by atomic mass is 10.3.